The standard InChI is InChI=1S/C19H35NO/c1-16(2)9-11-18(5,6)13-20(15-21)14-19(7,8)12-10-17(3)4/h9-10,15H,11-14H2,1-8H3. The molecule has 0 N–H and O–H groups in total. The van der Waals surface area contributed by atoms with E-state index in [2.05, 4.69) is 67.5 Å². The molecule has 0 atom stereocenters. The number of nitrogens with zero attached hydrogens (tertiary/aromatic N) is 1. The fraction of sp³-hybridized carbons (Fsp3) is 0.737. The van der Waals surface area contributed by atoms with Crippen LogP contribution >= 0.6 is 0 Å². The van der Waals surface area contributed by atoms with E-state index in [1.807, 2.05) is 4.90 Å². The average molecular weight is 293 g/mol. The molecule has 0 aliphatic heterocycles. The highest BCUT2D eigenvalue weighted by Gasteiger charge is 2.25. The third kappa shape index (κ3) is 10.3. The van der Waals surface area contributed by atoms with Gasteiger partial charge in [-0.25, -0.2) is 0 Å². The van der Waals surface area contributed by atoms with Crippen molar-refractivity contribution in [2.45, 2.75) is 68.2 Å². The molecule has 0 aromatic heterocycles. The van der Waals surface area contributed by atoms with Crippen LogP contribution in [0.3, 0.4) is 0 Å². The molecule has 0 aliphatic carbocycles. The van der Waals surface area contributed by atoms with E-state index in [1.165, 1.54) is 11.1 Å². The van der Waals surface area contributed by atoms with Crippen molar-refractivity contribution in [1.29, 1.82) is 0 Å². The summed E-state index contributed by atoms with van der Waals surface area (Å²) in [5, 5.41) is 0. The minimum atomic E-state index is 0.116. The molecule has 21 heavy (non-hydrogen) atoms. The van der Waals surface area contributed by atoms with E-state index in [-0.39, 0.29) is 10.8 Å². The Morgan fingerprint density at radius 1 is 0.810 bits per heavy atom. The Morgan fingerprint density at radius 2 is 1.14 bits per heavy atom. The van der Waals surface area contributed by atoms with E-state index < -0.39 is 0 Å². The molecular weight excluding hydrogens is 258 g/mol. The van der Waals surface area contributed by atoms with Crippen LogP contribution in [-0.4, -0.2) is 24.4 Å². The molecular formula is C19H35NO. The SMILES string of the molecule is CC(C)=CCC(C)(C)CN(C=O)CC(C)(C)CC=C(C)C. The van der Waals surface area contributed by atoms with Gasteiger partial charge in [-0.15, -0.1) is 0 Å². The van der Waals surface area contributed by atoms with Crippen LogP contribution in [0.1, 0.15) is 68.2 Å². The van der Waals surface area contributed by atoms with Crippen molar-refractivity contribution in [3.63, 3.8) is 0 Å². The molecule has 0 aliphatic rings. The zero-order valence-corrected chi connectivity index (χ0v) is 15.4. The zero-order chi connectivity index (χ0) is 16.7. The smallest absolute Gasteiger partial charge is 0.209 e. The predicted molar refractivity (Wildman–Crippen MR) is 93.3 cm³/mol. The quantitative estimate of drug-likeness (QED) is 0.422. The van der Waals surface area contributed by atoms with Gasteiger partial charge in [0.25, 0.3) is 0 Å². The van der Waals surface area contributed by atoms with E-state index in [1.54, 1.807) is 0 Å². The number of amides is 1. The molecule has 0 fully saturated rings. The fourth-order valence-corrected chi connectivity index (χ4v) is 2.32. The lowest BCUT2D eigenvalue weighted by Crippen LogP contribution is -2.39. The van der Waals surface area contributed by atoms with Crippen LogP contribution in [0.4, 0.5) is 0 Å². The summed E-state index contributed by atoms with van der Waals surface area (Å²) in [5.41, 5.74) is 2.91. The molecule has 0 aromatic carbocycles. The molecule has 122 valence electrons. The maximum atomic E-state index is 11.4. The van der Waals surface area contributed by atoms with Crippen LogP contribution < -0.4 is 0 Å². The van der Waals surface area contributed by atoms with Gasteiger partial charge in [0.2, 0.25) is 6.41 Å². The van der Waals surface area contributed by atoms with Crippen LogP contribution in [-0.2, 0) is 4.79 Å². The number of carbonyl (C=O) groups excluding carboxylic acids is 1. The highest BCUT2D eigenvalue weighted by Crippen LogP contribution is 2.27. The first-order valence-electron chi connectivity index (χ1n) is 7.93. The van der Waals surface area contributed by atoms with Gasteiger partial charge in [0.15, 0.2) is 0 Å². The van der Waals surface area contributed by atoms with Crippen LogP contribution in [0, 0.1) is 10.8 Å². The van der Waals surface area contributed by atoms with E-state index >= 15 is 0 Å². The summed E-state index contributed by atoms with van der Waals surface area (Å²) in [6.45, 7) is 19.0. The number of hydrogen-bond donors (Lipinski definition) is 0. The lowest BCUT2D eigenvalue weighted by molar-refractivity contribution is -0.120. The second-order valence-corrected chi connectivity index (χ2v) is 8.31. The van der Waals surface area contributed by atoms with Crippen LogP contribution in [0.25, 0.3) is 0 Å². The van der Waals surface area contributed by atoms with Crippen LogP contribution in [0.5, 0.6) is 0 Å². The molecule has 1 amide bonds. The van der Waals surface area contributed by atoms with Crippen molar-refractivity contribution in [2.24, 2.45) is 10.8 Å². The zero-order valence-electron chi connectivity index (χ0n) is 15.4. The van der Waals surface area contributed by atoms with E-state index in [4.69, 9.17) is 0 Å². The molecule has 0 saturated carbocycles. The molecule has 0 unspecified atom stereocenters. The first-order valence-corrected chi connectivity index (χ1v) is 7.93. The van der Waals surface area contributed by atoms with Gasteiger partial charge in [0, 0.05) is 13.1 Å². The van der Waals surface area contributed by atoms with Crippen molar-refractivity contribution in [1.82, 2.24) is 4.90 Å². The minimum Gasteiger partial charge on any atom is -0.344 e. The van der Waals surface area contributed by atoms with Gasteiger partial charge in [0.05, 0.1) is 0 Å². The summed E-state index contributed by atoms with van der Waals surface area (Å²) in [5.74, 6) is 0. The largest absolute Gasteiger partial charge is 0.344 e. The number of hydrogen-bond acceptors (Lipinski definition) is 1. The second-order valence-electron chi connectivity index (χ2n) is 8.31. The Hall–Kier alpha value is -1.05. The summed E-state index contributed by atoms with van der Waals surface area (Å²) < 4.78 is 0. The fourth-order valence-electron chi connectivity index (χ4n) is 2.32. The van der Waals surface area contributed by atoms with Crippen LogP contribution in [0.15, 0.2) is 23.3 Å². The molecule has 0 radical (unpaired) electrons. The average Bonchev–Trinajstić information content (AvgIpc) is 2.33. The highest BCUT2D eigenvalue weighted by molar-refractivity contribution is 5.47. The third-order valence-electron chi connectivity index (χ3n) is 3.54. The van der Waals surface area contributed by atoms with Crippen molar-refractivity contribution in [2.75, 3.05) is 13.1 Å². The Balaban J connectivity index is 4.68. The molecule has 0 heterocycles. The van der Waals surface area contributed by atoms with Gasteiger partial charge in [-0.2, -0.15) is 0 Å². The van der Waals surface area contributed by atoms with Crippen molar-refractivity contribution in [3.05, 3.63) is 23.3 Å². The lowest BCUT2D eigenvalue weighted by Gasteiger charge is -2.35. The van der Waals surface area contributed by atoms with Crippen LogP contribution in [0.2, 0.25) is 0 Å². The van der Waals surface area contributed by atoms with Gasteiger partial charge in [-0.1, -0.05) is 51.0 Å². The summed E-state index contributed by atoms with van der Waals surface area (Å²) in [4.78, 5) is 13.4. The van der Waals surface area contributed by atoms with Gasteiger partial charge < -0.3 is 4.90 Å². The third-order valence-corrected chi connectivity index (χ3v) is 3.54. The Kier molecular flexibility index (Phi) is 7.99. The van der Waals surface area contributed by atoms with Gasteiger partial charge in [-0.05, 0) is 51.4 Å². The van der Waals surface area contributed by atoms with E-state index in [9.17, 15) is 4.79 Å². The molecule has 0 bridgehead atoms. The van der Waals surface area contributed by atoms with Gasteiger partial charge in [-0.3, -0.25) is 4.79 Å². The maximum absolute atomic E-state index is 11.4. The second kappa shape index (κ2) is 8.41. The molecule has 0 aromatic rings. The number of allylic oxidation sites excluding steroid dienone is 4. The van der Waals surface area contributed by atoms with Crippen molar-refractivity contribution < 1.29 is 4.79 Å². The van der Waals surface area contributed by atoms with Crippen molar-refractivity contribution in [3.8, 4) is 0 Å². The van der Waals surface area contributed by atoms with Crippen molar-refractivity contribution >= 4 is 6.41 Å². The number of rotatable bonds is 9. The Morgan fingerprint density at radius 3 is 1.38 bits per heavy atom. The van der Waals surface area contributed by atoms with Gasteiger partial charge in [0.1, 0.15) is 0 Å². The topological polar surface area (TPSA) is 20.3 Å². The molecule has 2 nitrogen and oxygen atoms in total. The molecule has 2 heteroatoms. The molecule has 0 spiro atoms. The highest BCUT2D eigenvalue weighted by atomic mass is 16.1. The van der Waals surface area contributed by atoms with E-state index in [0.29, 0.717) is 0 Å². The first-order chi connectivity index (χ1) is 9.47. The van der Waals surface area contributed by atoms with Gasteiger partial charge >= 0.3 is 0 Å². The maximum Gasteiger partial charge on any atom is 0.209 e. The normalized spacial score (nSPS) is 11.8. The monoisotopic (exact) mass is 293 g/mol. The summed E-state index contributed by atoms with van der Waals surface area (Å²) >= 11 is 0. The Bertz CT molecular complexity index is 346. The summed E-state index contributed by atoms with van der Waals surface area (Å²) in [7, 11) is 0. The number of carbonyl (C=O) groups is 1. The summed E-state index contributed by atoms with van der Waals surface area (Å²) in [6, 6.07) is 0. The lowest BCUT2D eigenvalue weighted by atomic mass is 9.85. The predicted octanol–water partition coefficient (Wildman–Crippen LogP) is 5.21. The Labute approximate surface area is 132 Å². The summed E-state index contributed by atoms with van der Waals surface area (Å²) in [6.07, 6.45) is 7.55. The first kappa shape index (κ1) is 19.9. The molecule has 0 rings (SSSR count). The molecule has 0 saturated heterocycles. The van der Waals surface area contributed by atoms with E-state index in [0.717, 1.165) is 32.3 Å². The minimum absolute atomic E-state index is 0.116.